The quantitative estimate of drug-likeness (QED) is 0.926. The minimum Gasteiger partial charge on any atom is -0.317 e. The van der Waals surface area contributed by atoms with Gasteiger partial charge in [-0.25, -0.2) is 8.42 Å². The second-order valence-electron chi connectivity index (χ2n) is 4.82. The molecule has 4 nitrogen and oxygen atoms in total. The second kappa shape index (κ2) is 6.70. The van der Waals surface area contributed by atoms with Gasteiger partial charge < -0.3 is 5.32 Å². The molecule has 0 spiro atoms. The van der Waals surface area contributed by atoms with E-state index >= 15 is 0 Å². The Hall–Kier alpha value is -0.620. The van der Waals surface area contributed by atoms with Crippen LogP contribution in [-0.2, 0) is 10.0 Å². The second-order valence-corrected chi connectivity index (χ2v) is 6.81. The number of halogens is 1. The summed E-state index contributed by atoms with van der Waals surface area (Å²) < 4.78 is 26.4. The average Bonchev–Trinajstić information content (AvgIpc) is 2.39. The van der Waals surface area contributed by atoms with Gasteiger partial charge in [0.1, 0.15) is 0 Å². The highest BCUT2D eigenvalue weighted by molar-refractivity contribution is 7.89. The maximum Gasteiger partial charge on any atom is 0.243 e. The highest BCUT2D eigenvalue weighted by Gasteiger charge is 2.28. The lowest BCUT2D eigenvalue weighted by Gasteiger charge is -2.30. The third-order valence-electron chi connectivity index (χ3n) is 3.52. The molecule has 1 fully saturated rings. The molecular weight excluding hydrogens is 284 g/mol. The molecule has 1 aliphatic rings. The molecule has 6 heteroatoms. The van der Waals surface area contributed by atoms with Crippen LogP contribution in [0.5, 0.6) is 0 Å². The zero-order valence-corrected chi connectivity index (χ0v) is 12.9. The van der Waals surface area contributed by atoms with Crippen molar-refractivity contribution in [3.05, 3.63) is 29.8 Å². The van der Waals surface area contributed by atoms with Gasteiger partial charge in [-0.3, -0.25) is 0 Å². The van der Waals surface area contributed by atoms with Crippen molar-refractivity contribution in [1.29, 1.82) is 0 Å². The Balaban J connectivity index is 0.00000180. The van der Waals surface area contributed by atoms with E-state index in [-0.39, 0.29) is 18.4 Å². The summed E-state index contributed by atoms with van der Waals surface area (Å²) in [6, 6.07) is 7.15. The molecular formula is C13H21ClN2O2S. The van der Waals surface area contributed by atoms with E-state index < -0.39 is 10.0 Å². The van der Waals surface area contributed by atoms with E-state index in [1.54, 1.807) is 19.2 Å². The zero-order chi connectivity index (χ0) is 13.2. The first kappa shape index (κ1) is 16.4. The van der Waals surface area contributed by atoms with Gasteiger partial charge in [-0.15, -0.1) is 12.4 Å². The first-order valence-corrected chi connectivity index (χ1v) is 7.71. The van der Waals surface area contributed by atoms with Crippen LogP contribution in [0.25, 0.3) is 0 Å². The topological polar surface area (TPSA) is 49.4 Å². The van der Waals surface area contributed by atoms with Gasteiger partial charge in [-0.1, -0.05) is 17.7 Å². The Morgan fingerprint density at radius 1 is 1.16 bits per heavy atom. The molecule has 1 heterocycles. The summed E-state index contributed by atoms with van der Waals surface area (Å²) in [6.45, 7) is 3.73. The minimum atomic E-state index is -3.35. The third kappa shape index (κ3) is 3.69. The SMILES string of the molecule is Cc1ccc(S(=O)(=O)N(C)C2CCNCC2)cc1.Cl. The van der Waals surface area contributed by atoms with E-state index in [2.05, 4.69) is 5.32 Å². The molecule has 1 aromatic rings. The fourth-order valence-corrected chi connectivity index (χ4v) is 3.66. The Labute approximate surface area is 121 Å². The van der Waals surface area contributed by atoms with Crippen molar-refractivity contribution in [1.82, 2.24) is 9.62 Å². The van der Waals surface area contributed by atoms with Crippen molar-refractivity contribution >= 4 is 22.4 Å². The van der Waals surface area contributed by atoms with Crippen molar-refractivity contribution in [2.45, 2.75) is 30.7 Å². The Kier molecular flexibility index (Phi) is 5.80. The van der Waals surface area contributed by atoms with Gasteiger partial charge in [0.05, 0.1) is 4.90 Å². The lowest BCUT2D eigenvalue weighted by atomic mass is 10.1. The largest absolute Gasteiger partial charge is 0.317 e. The van der Waals surface area contributed by atoms with Gasteiger partial charge in [-0.05, 0) is 45.0 Å². The summed E-state index contributed by atoms with van der Waals surface area (Å²) in [7, 11) is -1.66. The molecule has 0 radical (unpaired) electrons. The van der Waals surface area contributed by atoms with Gasteiger partial charge in [-0.2, -0.15) is 4.31 Å². The minimum absolute atomic E-state index is 0. The van der Waals surface area contributed by atoms with E-state index in [9.17, 15) is 8.42 Å². The van der Waals surface area contributed by atoms with Gasteiger partial charge >= 0.3 is 0 Å². The summed E-state index contributed by atoms with van der Waals surface area (Å²) in [5.74, 6) is 0. The summed E-state index contributed by atoms with van der Waals surface area (Å²) in [4.78, 5) is 0.383. The van der Waals surface area contributed by atoms with Crippen molar-refractivity contribution < 1.29 is 8.42 Å². The lowest BCUT2D eigenvalue weighted by Crippen LogP contribution is -2.43. The molecule has 0 unspecified atom stereocenters. The average molecular weight is 305 g/mol. The van der Waals surface area contributed by atoms with Crippen LogP contribution in [0.3, 0.4) is 0 Å². The van der Waals surface area contributed by atoms with Crippen LogP contribution in [0.2, 0.25) is 0 Å². The maximum atomic E-state index is 12.4. The summed E-state index contributed by atoms with van der Waals surface area (Å²) >= 11 is 0. The summed E-state index contributed by atoms with van der Waals surface area (Å²) in [5, 5.41) is 3.25. The molecule has 1 N–H and O–H groups in total. The zero-order valence-electron chi connectivity index (χ0n) is 11.3. The highest BCUT2D eigenvalue weighted by Crippen LogP contribution is 2.20. The molecule has 0 bridgehead atoms. The number of nitrogens with one attached hydrogen (secondary N) is 1. The van der Waals surface area contributed by atoms with Gasteiger partial charge in [0.15, 0.2) is 0 Å². The standard InChI is InChI=1S/C13H20N2O2S.ClH/c1-11-3-5-13(6-4-11)18(16,17)15(2)12-7-9-14-10-8-12;/h3-6,12,14H,7-10H2,1-2H3;1H. The smallest absolute Gasteiger partial charge is 0.243 e. The van der Waals surface area contributed by atoms with Crippen LogP contribution < -0.4 is 5.32 Å². The highest BCUT2D eigenvalue weighted by atomic mass is 35.5. The number of rotatable bonds is 3. The van der Waals surface area contributed by atoms with E-state index in [1.165, 1.54) is 4.31 Å². The monoisotopic (exact) mass is 304 g/mol. The van der Waals surface area contributed by atoms with E-state index in [1.807, 2.05) is 19.1 Å². The van der Waals surface area contributed by atoms with E-state index in [4.69, 9.17) is 0 Å². The molecule has 0 atom stereocenters. The number of nitrogens with zero attached hydrogens (tertiary/aromatic N) is 1. The Morgan fingerprint density at radius 3 is 2.21 bits per heavy atom. The normalized spacial score (nSPS) is 17.2. The van der Waals surface area contributed by atoms with Crippen molar-refractivity contribution in [3.63, 3.8) is 0 Å². The van der Waals surface area contributed by atoms with Gasteiger partial charge in [0.2, 0.25) is 10.0 Å². The van der Waals surface area contributed by atoms with Crippen LogP contribution in [0.4, 0.5) is 0 Å². The summed E-state index contributed by atoms with van der Waals surface area (Å²) in [6.07, 6.45) is 1.75. The first-order valence-electron chi connectivity index (χ1n) is 6.27. The number of benzene rings is 1. The van der Waals surface area contributed by atoms with Crippen molar-refractivity contribution in [3.8, 4) is 0 Å². The third-order valence-corrected chi connectivity index (χ3v) is 5.45. The van der Waals surface area contributed by atoms with Crippen molar-refractivity contribution in [2.75, 3.05) is 20.1 Å². The molecule has 0 saturated carbocycles. The van der Waals surface area contributed by atoms with Crippen LogP contribution in [-0.4, -0.2) is 38.9 Å². The molecule has 0 aliphatic carbocycles. The molecule has 0 aromatic heterocycles. The molecule has 1 aromatic carbocycles. The van der Waals surface area contributed by atoms with E-state index in [0.717, 1.165) is 31.5 Å². The van der Waals surface area contributed by atoms with Gasteiger partial charge in [0.25, 0.3) is 0 Å². The van der Waals surface area contributed by atoms with Gasteiger partial charge in [0, 0.05) is 13.1 Å². The number of sulfonamides is 1. The van der Waals surface area contributed by atoms with Crippen LogP contribution in [0, 0.1) is 6.92 Å². The fourth-order valence-electron chi connectivity index (χ4n) is 2.24. The fraction of sp³-hybridized carbons (Fsp3) is 0.538. The van der Waals surface area contributed by atoms with E-state index in [0.29, 0.717) is 4.90 Å². The number of hydrogen-bond acceptors (Lipinski definition) is 3. The predicted molar refractivity (Wildman–Crippen MR) is 79.3 cm³/mol. The Bertz CT molecular complexity index is 496. The number of hydrogen-bond donors (Lipinski definition) is 1. The van der Waals surface area contributed by atoms with Crippen LogP contribution >= 0.6 is 12.4 Å². The number of aryl methyl sites for hydroxylation is 1. The number of piperidine rings is 1. The lowest BCUT2D eigenvalue weighted by molar-refractivity contribution is 0.296. The molecule has 108 valence electrons. The predicted octanol–water partition coefficient (Wildman–Crippen LogP) is 1.79. The first-order chi connectivity index (χ1) is 8.51. The molecule has 1 aliphatic heterocycles. The van der Waals surface area contributed by atoms with Crippen LogP contribution in [0.1, 0.15) is 18.4 Å². The molecule has 0 amide bonds. The maximum absolute atomic E-state index is 12.4. The van der Waals surface area contributed by atoms with Crippen molar-refractivity contribution in [2.24, 2.45) is 0 Å². The molecule has 19 heavy (non-hydrogen) atoms. The Morgan fingerprint density at radius 2 is 1.68 bits per heavy atom. The molecule has 1 saturated heterocycles. The molecule has 2 rings (SSSR count). The summed E-state index contributed by atoms with van der Waals surface area (Å²) in [5.41, 5.74) is 1.07. The van der Waals surface area contributed by atoms with Crippen LogP contribution in [0.15, 0.2) is 29.2 Å².